The molecule has 0 aliphatic rings. The Bertz CT molecular complexity index is 867. The molecule has 0 atom stereocenters. The van der Waals surface area contributed by atoms with Crippen LogP contribution in [0.2, 0.25) is 10.0 Å². The second-order valence-electron chi connectivity index (χ2n) is 4.92. The van der Waals surface area contributed by atoms with Gasteiger partial charge in [-0.25, -0.2) is 4.68 Å². The van der Waals surface area contributed by atoms with E-state index in [9.17, 15) is 18.4 Å². The summed E-state index contributed by atoms with van der Waals surface area (Å²) in [6.07, 6.45) is -3.92. The molecule has 25 heavy (non-hydrogen) atoms. The van der Waals surface area contributed by atoms with Gasteiger partial charge in [0.1, 0.15) is 29.2 Å². The van der Waals surface area contributed by atoms with Gasteiger partial charge in [-0.1, -0.05) is 30.1 Å². The molecular formula is C15H10Cl2F3N5. The molecular weight excluding hydrogens is 378 g/mol. The second kappa shape index (κ2) is 7.22. The Morgan fingerprint density at radius 3 is 2.24 bits per heavy atom. The Morgan fingerprint density at radius 2 is 1.80 bits per heavy atom. The van der Waals surface area contributed by atoms with E-state index in [0.717, 1.165) is 4.68 Å². The predicted octanol–water partition coefficient (Wildman–Crippen LogP) is 4.76. The van der Waals surface area contributed by atoms with E-state index in [4.69, 9.17) is 28.5 Å². The topological polar surface area (TPSA) is 77.4 Å². The summed E-state index contributed by atoms with van der Waals surface area (Å²) < 4.78 is 39.7. The number of hydrogen-bond donors (Lipinski definition) is 1. The Morgan fingerprint density at radius 1 is 1.20 bits per heavy atom. The maximum Gasteiger partial charge on any atom is 0.416 e. The lowest BCUT2D eigenvalue weighted by atomic mass is 10.2. The molecule has 0 aliphatic carbocycles. The van der Waals surface area contributed by atoms with E-state index in [-0.39, 0.29) is 32.8 Å². The highest BCUT2D eigenvalue weighted by Gasteiger charge is 2.33. The first-order chi connectivity index (χ1) is 11.7. The summed E-state index contributed by atoms with van der Waals surface area (Å²) in [5.74, 6) is 0.143. The third-order valence-electron chi connectivity index (χ3n) is 3.20. The van der Waals surface area contributed by atoms with E-state index in [2.05, 4.69) is 10.4 Å². The molecule has 0 saturated heterocycles. The van der Waals surface area contributed by atoms with Crippen molar-refractivity contribution < 1.29 is 13.2 Å². The van der Waals surface area contributed by atoms with Gasteiger partial charge in [0.25, 0.3) is 0 Å². The highest BCUT2D eigenvalue weighted by molar-refractivity contribution is 6.38. The van der Waals surface area contributed by atoms with Crippen LogP contribution in [0.15, 0.2) is 12.1 Å². The van der Waals surface area contributed by atoms with Gasteiger partial charge in [0.15, 0.2) is 5.69 Å². The molecule has 130 valence electrons. The normalized spacial score (nSPS) is 11.0. The van der Waals surface area contributed by atoms with Gasteiger partial charge in [-0.05, 0) is 18.6 Å². The summed E-state index contributed by atoms with van der Waals surface area (Å²) in [6, 6.07) is 5.05. The standard InChI is InChI=1S/C15H10Cl2F3N5/c1-2-3-23-14-9(6-21)12(7-22)24-25(14)13-10(16)4-8(5-11(13)17)15(18,19)20/h4-5,23H,2-3H2,1H3. The van der Waals surface area contributed by atoms with Crippen LogP contribution < -0.4 is 5.32 Å². The monoisotopic (exact) mass is 387 g/mol. The Labute approximate surface area is 151 Å². The lowest BCUT2D eigenvalue weighted by Gasteiger charge is -2.15. The van der Waals surface area contributed by atoms with E-state index >= 15 is 0 Å². The average Bonchev–Trinajstić information content (AvgIpc) is 2.88. The zero-order chi connectivity index (χ0) is 18.8. The Balaban J connectivity index is 2.73. The third-order valence-corrected chi connectivity index (χ3v) is 3.78. The summed E-state index contributed by atoms with van der Waals surface area (Å²) in [5.41, 5.74) is -1.29. The van der Waals surface area contributed by atoms with Crippen molar-refractivity contribution in [2.45, 2.75) is 19.5 Å². The summed E-state index contributed by atoms with van der Waals surface area (Å²) in [6.45, 7) is 2.32. The molecule has 2 rings (SSSR count). The Kier molecular flexibility index (Phi) is 5.46. The molecule has 1 aromatic carbocycles. The average molecular weight is 388 g/mol. The first-order valence-corrected chi connectivity index (χ1v) is 7.73. The largest absolute Gasteiger partial charge is 0.416 e. The molecule has 1 aromatic heterocycles. The van der Waals surface area contributed by atoms with Gasteiger partial charge in [-0.2, -0.15) is 28.8 Å². The number of nitrogens with one attached hydrogen (secondary N) is 1. The lowest BCUT2D eigenvalue weighted by molar-refractivity contribution is -0.137. The maximum atomic E-state index is 12.9. The molecule has 0 amide bonds. The molecule has 0 unspecified atom stereocenters. The van der Waals surface area contributed by atoms with Crippen LogP contribution in [-0.2, 0) is 6.18 Å². The Hall–Kier alpha value is -2.42. The van der Waals surface area contributed by atoms with Crippen LogP contribution >= 0.6 is 23.2 Å². The van der Waals surface area contributed by atoms with Crippen molar-refractivity contribution in [3.05, 3.63) is 39.0 Å². The zero-order valence-corrected chi connectivity index (χ0v) is 14.3. The summed E-state index contributed by atoms with van der Waals surface area (Å²) in [4.78, 5) is 0. The van der Waals surface area contributed by atoms with E-state index in [1.807, 2.05) is 13.0 Å². The van der Waals surface area contributed by atoms with E-state index in [1.165, 1.54) is 0 Å². The van der Waals surface area contributed by atoms with Crippen LogP contribution in [0.5, 0.6) is 0 Å². The lowest BCUT2D eigenvalue weighted by Crippen LogP contribution is -2.11. The SMILES string of the molecule is CCCNc1c(C#N)c(C#N)nn1-c1c(Cl)cc(C(F)(F)F)cc1Cl. The van der Waals surface area contributed by atoms with Crippen molar-refractivity contribution in [3.63, 3.8) is 0 Å². The minimum absolute atomic E-state index is 0.0389. The highest BCUT2D eigenvalue weighted by Crippen LogP contribution is 2.39. The van der Waals surface area contributed by atoms with Crippen LogP contribution in [0.25, 0.3) is 5.69 Å². The number of nitrogens with zero attached hydrogens (tertiary/aromatic N) is 4. The molecule has 0 fully saturated rings. The van der Waals surface area contributed by atoms with Gasteiger partial charge >= 0.3 is 6.18 Å². The first kappa shape index (κ1) is 18.9. The number of nitriles is 2. The van der Waals surface area contributed by atoms with Crippen LogP contribution in [0.3, 0.4) is 0 Å². The smallest absolute Gasteiger partial charge is 0.369 e. The zero-order valence-electron chi connectivity index (χ0n) is 12.7. The number of rotatable bonds is 4. The van der Waals surface area contributed by atoms with E-state index in [1.54, 1.807) is 6.07 Å². The highest BCUT2D eigenvalue weighted by atomic mass is 35.5. The molecule has 10 heteroatoms. The molecule has 1 N–H and O–H groups in total. The number of aromatic nitrogens is 2. The number of benzene rings is 1. The van der Waals surface area contributed by atoms with Crippen molar-refractivity contribution in [3.8, 4) is 17.8 Å². The van der Waals surface area contributed by atoms with Gasteiger partial charge in [-0.3, -0.25) is 0 Å². The number of halogens is 5. The molecule has 0 radical (unpaired) electrons. The molecule has 0 saturated carbocycles. The summed E-state index contributed by atoms with van der Waals surface area (Å²) >= 11 is 12.0. The number of anilines is 1. The number of alkyl halides is 3. The molecule has 5 nitrogen and oxygen atoms in total. The van der Waals surface area contributed by atoms with Crippen LogP contribution in [0.4, 0.5) is 19.0 Å². The van der Waals surface area contributed by atoms with Gasteiger partial charge in [-0.15, -0.1) is 0 Å². The minimum Gasteiger partial charge on any atom is -0.369 e. The van der Waals surface area contributed by atoms with Crippen LogP contribution in [-0.4, -0.2) is 16.3 Å². The van der Waals surface area contributed by atoms with Gasteiger partial charge in [0.05, 0.1) is 15.6 Å². The first-order valence-electron chi connectivity index (χ1n) is 6.98. The quantitative estimate of drug-likeness (QED) is 0.819. The van der Waals surface area contributed by atoms with E-state index < -0.39 is 11.7 Å². The van der Waals surface area contributed by atoms with Crippen molar-refractivity contribution in [1.82, 2.24) is 9.78 Å². The van der Waals surface area contributed by atoms with Crippen molar-refractivity contribution in [2.24, 2.45) is 0 Å². The minimum atomic E-state index is -4.62. The second-order valence-corrected chi connectivity index (χ2v) is 5.74. The van der Waals surface area contributed by atoms with Crippen molar-refractivity contribution in [1.29, 1.82) is 10.5 Å². The van der Waals surface area contributed by atoms with Crippen LogP contribution in [0.1, 0.15) is 30.2 Å². The third kappa shape index (κ3) is 3.65. The van der Waals surface area contributed by atoms with Gasteiger partial charge in [0.2, 0.25) is 0 Å². The molecule has 2 aromatic rings. The van der Waals surface area contributed by atoms with E-state index in [0.29, 0.717) is 25.1 Å². The summed E-state index contributed by atoms with van der Waals surface area (Å²) in [5, 5.41) is 24.7. The fourth-order valence-electron chi connectivity index (χ4n) is 2.10. The fraction of sp³-hybridized carbons (Fsp3) is 0.267. The van der Waals surface area contributed by atoms with Crippen molar-refractivity contribution >= 4 is 29.0 Å². The summed E-state index contributed by atoms with van der Waals surface area (Å²) in [7, 11) is 0. The van der Waals surface area contributed by atoms with Crippen LogP contribution in [0, 0.1) is 22.7 Å². The van der Waals surface area contributed by atoms with Gasteiger partial charge < -0.3 is 5.32 Å². The van der Waals surface area contributed by atoms with Gasteiger partial charge in [0, 0.05) is 6.54 Å². The maximum absolute atomic E-state index is 12.9. The predicted molar refractivity (Wildman–Crippen MR) is 86.8 cm³/mol. The van der Waals surface area contributed by atoms with Crippen molar-refractivity contribution in [2.75, 3.05) is 11.9 Å². The molecule has 0 bridgehead atoms. The number of hydrogen-bond acceptors (Lipinski definition) is 4. The fourth-order valence-corrected chi connectivity index (χ4v) is 2.75. The molecule has 0 aliphatic heterocycles. The molecule has 1 heterocycles. The molecule has 0 spiro atoms.